The molecular weight excluding hydrogens is 252 g/mol. The lowest BCUT2D eigenvalue weighted by Crippen LogP contribution is -2.29. The van der Waals surface area contributed by atoms with Crippen LogP contribution >= 0.6 is 0 Å². The van der Waals surface area contributed by atoms with Gasteiger partial charge in [0.15, 0.2) is 6.04 Å². The standard InChI is InChI=1S/C15H14N4O/c1-10-7-8-12-13(9-10)18-19(17-12)14(15(16)20)11-5-3-2-4-6-11/h2-9,14H,1H3,(H2,16,20)/t14-/m1/s1. The van der Waals surface area contributed by atoms with Crippen LogP contribution in [0.15, 0.2) is 48.5 Å². The number of primary amides is 1. The number of benzene rings is 2. The van der Waals surface area contributed by atoms with Crippen molar-refractivity contribution in [3.8, 4) is 0 Å². The van der Waals surface area contributed by atoms with Gasteiger partial charge >= 0.3 is 0 Å². The first kappa shape index (κ1) is 12.3. The number of amides is 1. The number of carbonyl (C=O) groups is 1. The molecule has 3 aromatic rings. The largest absolute Gasteiger partial charge is 0.367 e. The number of aryl methyl sites for hydroxylation is 1. The summed E-state index contributed by atoms with van der Waals surface area (Å²) in [6, 6.07) is 14.4. The van der Waals surface area contributed by atoms with Crippen LogP contribution in [-0.4, -0.2) is 20.9 Å². The van der Waals surface area contributed by atoms with Crippen molar-refractivity contribution in [3.05, 3.63) is 59.7 Å². The third kappa shape index (κ3) is 2.14. The molecule has 2 aromatic carbocycles. The Hall–Kier alpha value is -2.69. The third-order valence-electron chi connectivity index (χ3n) is 3.17. The van der Waals surface area contributed by atoms with Crippen molar-refractivity contribution in [3.63, 3.8) is 0 Å². The molecule has 0 unspecified atom stereocenters. The smallest absolute Gasteiger partial charge is 0.248 e. The van der Waals surface area contributed by atoms with Crippen LogP contribution in [0.5, 0.6) is 0 Å². The Kier molecular flexibility index (Phi) is 2.95. The summed E-state index contributed by atoms with van der Waals surface area (Å²) in [5, 5.41) is 8.73. The van der Waals surface area contributed by atoms with Crippen molar-refractivity contribution in [1.29, 1.82) is 0 Å². The minimum Gasteiger partial charge on any atom is -0.367 e. The zero-order valence-corrected chi connectivity index (χ0v) is 11.0. The molecule has 0 fully saturated rings. The molecular formula is C15H14N4O. The second kappa shape index (κ2) is 4.77. The van der Waals surface area contributed by atoms with E-state index in [2.05, 4.69) is 10.2 Å². The molecule has 0 bridgehead atoms. The highest BCUT2D eigenvalue weighted by Gasteiger charge is 2.22. The predicted molar refractivity (Wildman–Crippen MR) is 76.0 cm³/mol. The highest BCUT2D eigenvalue weighted by atomic mass is 16.1. The van der Waals surface area contributed by atoms with Gasteiger partial charge in [-0.2, -0.15) is 15.0 Å². The molecule has 3 rings (SSSR count). The van der Waals surface area contributed by atoms with Crippen LogP contribution in [0.2, 0.25) is 0 Å². The van der Waals surface area contributed by atoms with Gasteiger partial charge < -0.3 is 5.73 Å². The van der Waals surface area contributed by atoms with Gasteiger partial charge in [-0.15, -0.1) is 0 Å². The zero-order chi connectivity index (χ0) is 14.1. The van der Waals surface area contributed by atoms with Gasteiger partial charge in [0.05, 0.1) is 0 Å². The summed E-state index contributed by atoms with van der Waals surface area (Å²) in [5.41, 5.74) is 8.89. The van der Waals surface area contributed by atoms with Gasteiger partial charge in [-0.1, -0.05) is 36.4 Å². The minimum absolute atomic E-state index is 0.478. The van der Waals surface area contributed by atoms with Crippen LogP contribution in [0, 0.1) is 6.92 Å². The van der Waals surface area contributed by atoms with Crippen molar-refractivity contribution in [2.45, 2.75) is 13.0 Å². The number of nitrogens with two attached hydrogens (primary N) is 1. The Morgan fingerprint density at radius 2 is 1.80 bits per heavy atom. The monoisotopic (exact) mass is 266 g/mol. The molecule has 1 aromatic heterocycles. The Balaban J connectivity index is 2.13. The van der Waals surface area contributed by atoms with Crippen molar-refractivity contribution in [2.24, 2.45) is 5.73 Å². The highest BCUT2D eigenvalue weighted by Crippen LogP contribution is 2.19. The molecule has 0 aliphatic carbocycles. The summed E-state index contributed by atoms with van der Waals surface area (Å²) in [6.45, 7) is 1.99. The van der Waals surface area contributed by atoms with Crippen molar-refractivity contribution in [2.75, 3.05) is 0 Å². The molecule has 0 spiro atoms. The van der Waals surface area contributed by atoms with Gasteiger partial charge in [0, 0.05) is 0 Å². The second-order valence-corrected chi connectivity index (χ2v) is 4.73. The fourth-order valence-electron chi connectivity index (χ4n) is 2.20. The van der Waals surface area contributed by atoms with Crippen LogP contribution in [0.1, 0.15) is 17.2 Å². The fourth-order valence-corrected chi connectivity index (χ4v) is 2.20. The Bertz CT molecular complexity index is 764. The maximum Gasteiger partial charge on any atom is 0.248 e. The maximum atomic E-state index is 11.8. The third-order valence-corrected chi connectivity index (χ3v) is 3.17. The normalized spacial score (nSPS) is 12.4. The summed E-state index contributed by atoms with van der Waals surface area (Å²) in [7, 11) is 0. The van der Waals surface area contributed by atoms with Crippen molar-refractivity contribution in [1.82, 2.24) is 15.0 Å². The number of fused-ring (bicyclic) bond motifs is 1. The molecule has 0 aliphatic heterocycles. The van der Waals surface area contributed by atoms with Gasteiger partial charge in [0.1, 0.15) is 11.0 Å². The van der Waals surface area contributed by atoms with Crippen LogP contribution in [0.3, 0.4) is 0 Å². The molecule has 2 N–H and O–H groups in total. The van der Waals surface area contributed by atoms with E-state index in [-0.39, 0.29) is 0 Å². The van der Waals surface area contributed by atoms with E-state index in [0.717, 1.165) is 22.2 Å². The molecule has 20 heavy (non-hydrogen) atoms. The Morgan fingerprint density at radius 1 is 1.10 bits per heavy atom. The van der Waals surface area contributed by atoms with E-state index in [1.165, 1.54) is 4.80 Å². The Morgan fingerprint density at radius 3 is 2.50 bits per heavy atom. The molecule has 5 nitrogen and oxygen atoms in total. The van der Waals surface area contributed by atoms with E-state index < -0.39 is 11.9 Å². The molecule has 0 saturated heterocycles. The van der Waals surface area contributed by atoms with E-state index in [4.69, 9.17) is 5.73 Å². The average Bonchev–Trinajstić information content (AvgIpc) is 2.82. The van der Waals surface area contributed by atoms with E-state index >= 15 is 0 Å². The van der Waals surface area contributed by atoms with Gasteiger partial charge in [-0.25, -0.2) is 0 Å². The molecule has 1 atom stereocenters. The van der Waals surface area contributed by atoms with Crippen LogP contribution in [0.4, 0.5) is 0 Å². The lowest BCUT2D eigenvalue weighted by atomic mass is 10.1. The van der Waals surface area contributed by atoms with Crippen molar-refractivity contribution < 1.29 is 4.79 Å². The maximum absolute atomic E-state index is 11.8. The molecule has 100 valence electrons. The van der Waals surface area contributed by atoms with Crippen LogP contribution in [0.25, 0.3) is 11.0 Å². The number of hydrogen-bond acceptors (Lipinski definition) is 3. The molecule has 1 heterocycles. The predicted octanol–water partition coefficient (Wildman–Crippen LogP) is 1.81. The lowest BCUT2D eigenvalue weighted by Gasteiger charge is -2.12. The molecule has 5 heteroatoms. The first-order valence-electron chi connectivity index (χ1n) is 6.32. The van der Waals surface area contributed by atoms with Gasteiger partial charge in [0.2, 0.25) is 5.91 Å². The number of nitrogens with zero attached hydrogens (tertiary/aromatic N) is 3. The summed E-state index contributed by atoms with van der Waals surface area (Å²) in [5.74, 6) is -0.478. The quantitative estimate of drug-likeness (QED) is 0.785. The van der Waals surface area contributed by atoms with E-state index in [9.17, 15) is 4.79 Å². The summed E-state index contributed by atoms with van der Waals surface area (Å²) < 4.78 is 0. The van der Waals surface area contributed by atoms with Crippen molar-refractivity contribution >= 4 is 16.9 Å². The van der Waals surface area contributed by atoms with Gasteiger partial charge in [-0.05, 0) is 30.2 Å². The SMILES string of the molecule is Cc1ccc2nn([C@@H](C(N)=O)c3ccccc3)nc2c1. The summed E-state index contributed by atoms with van der Waals surface area (Å²) >= 11 is 0. The molecule has 0 aliphatic rings. The summed E-state index contributed by atoms with van der Waals surface area (Å²) in [4.78, 5) is 13.2. The number of aromatic nitrogens is 3. The molecule has 0 saturated carbocycles. The number of hydrogen-bond donors (Lipinski definition) is 1. The Labute approximate surface area is 116 Å². The number of rotatable bonds is 3. The van der Waals surface area contributed by atoms with E-state index in [0.29, 0.717) is 0 Å². The number of carbonyl (C=O) groups excluding carboxylic acids is 1. The first-order valence-corrected chi connectivity index (χ1v) is 6.32. The molecule has 1 amide bonds. The summed E-state index contributed by atoms with van der Waals surface area (Å²) in [6.07, 6.45) is 0. The highest BCUT2D eigenvalue weighted by molar-refractivity contribution is 5.82. The van der Waals surface area contributed by atoms with Gasteiger partial charge in [-0.3, -0.25) is 4.79 Å². The van der Waals surface area contributed by atoms with E-state index in [1.807, 2.05) is 55.5 Å². The fraction of sp³-hybridized carbons (Fsp3) is 0.133. The lowest BCUT2D eigenvalue weighted by molar-refractivity contribution is -0.120. The second-order valence-electron chi connectivity index (χ2n) is 4.73. The first-order chi connectivity index (χ1) is 9.65. The van der Waals surface area contributed by atoms with E-state index in [1.54, 1.807) is 0 Å². The minimum atomic E-state index is -0.691. The van der Waals surface area contributed by atoms with Crippen LogP contribution in [-0.2, 0) is 4.79 Å². The van der Waals surface area contributed by atoms with Crippen LogP contribution < -0.4 is 5.73 Å². The topological polar surface area (TPSA) is 73.8 Å². The molecule has 0 radical (unpaired) electrons. The zero-order valence-electron chi connectivity index (χ0n) is 11.0. The average molecular weight is 266 g/mol. The van der Waals surface area contributed by atoms with Gasteiger partial charge in [0.25, 0.3) is 0 Å².